The van der Waals surface area contributed by atoms with Crippen LogP contribution in [0, 0.1) is 102 Å². The summed E-state index contributed by atoms with van der Waals surface area (Å²) in [5.74, 6) is 13.7. The van der Waals surface area contributed by atoms with Crippen LogP contribution in [0.25, 0.3) is 0 Å². The molecule has 17 unspecified atom stereocenters. The molecule has 48 heavy (non-hydrogen) atoms. The van der Waals surface area contributed by atoms with Gasteiger partial charge in [0, 0.05) is 37.4 Å². The van der Waals surface area contributed by atoms with E-state index in [2.05, 4.69) is 62.6 Å². The Hall–Kier alpha value is -1.38. The minimum absolute atomic E-state index is 0.117. The average molecular weight is 654 g/mol. The maximum atomic E-state index is 13.9. The second kappa shape index (κ2) is 11.8. The van der Waals surface area contributed by atoms with Crippen molar-refractivity contribution in [3.8, 4) is 11.8 Å². The molecule has 1 aromatic rings. The van der Waals surface area contributed by atoms with Crippen LogP contribution in [-0.2, 0) is 6.42 Å². The molecular formula is C44H63NO3. The van der Waals surface area contributed by atoms with Crippen molar-refractivity contribution in [1.82, 2.24) is 4.90 Å². The molecule has 2 saturated heterocycles. The molecule has 4 nitrogen and oxygen atoms in total. The van der Waals surface area contributed by atoms with Gasteiger partial charge in [0.05, 0.1) is 17.8 Å². The molecule has 1 aromatic carbocycles. The minimum Gasteiger partial charge on any atom is -0.393 e. The smallest absolute Gasteiger partial charge is 0.0873 e. The normalized spacial score (nSPS) is 52.5. The Morgan fingerprint density at radius 2 is 1.62 bits per heavy atom. The summed E-state index contributed by atoms with van der Waals surface area (Å²) in [5.41, 5.74) is 3.66. The van der Waals surface area contributed by atoms with E-state index in [4.69, 9.17) is 0 Å². The minimum atomic E-state index is -0.675. The summed E-state index contributed by atoms with van der Waals surface area (Å²) < 4.78 is 0. The molecule has 2 bridgehead atoms. The van der Waals surface area contributed by atoms with Crippen LogP contribution in [0.5, 0.6) is 0 Å². The van der Waals surface area contributed by atoms with Crippen LogP contribution in [0.3, 0.4) is 0 Å². The standard InChI is InChI=1S/C44H63NO3/c1-25-8-9-41-44(48)32-17-28(15-30(18-32)16-29-13-26(2)12-27(3)14-29)6-5-7-31-19-34-35(37(42(31)44)24-45(41)23-25)21-38-36(34)22-40(47)39-20-33(46)10-11-43(38,39)4/h12-14,25,28,30-42,46-48H,6,8-11,15-24H2,1-4H3. The molecule has 3 N–H and O–H groups in total. The van der Waals surface area contributed by atoms with E-state index in [1.165, 1.54) is 36.0 Å². The Labute approximate surface area is 290 Å². The van der Waals surface area contributed by atoms with E-state index in [1.807, 2.05) is 0 Å². The third kappa shape index (κ3) is 5.05. The molecule has 7 fully saturated rings. The summed E-state index contributed by atoms with van der Waals surface area (Å²) in [4.78, 5) is 2.82. The number of benzene rings is 1. The highest BCUT2D eigenvalue weighted by Gasteiger charge is 2.68. The van der Waals surface area contributed by atoms with Gasteiger partial charge in [0.15, 0.2) is 0 Å². The largest absolute Gasteiger partial charge is 0.393 e. The molecule has 9 rings (SSSR count). The number of fused-ring (bicyclic) bond motifs is 11. The molecule has 5 saturated carbocycles. The number of hydrogen-bond donors (Lipinski definition) is 3. The molecule has 0 spiro atoms. The molecule has 0 aromatic heterocycles. The molecule has 4 heteroatoms. The van der Waals surface area contributed by atoms with E-state index in [-0.39, 0.29) is 41.4 Å². The number of rotatable bonds is 2. The fourth-order valence-electron chi connectivity index (χ4n) is 15.2. The van der Waals surface area contributed by atoms with Crippen molar-refractivity contribution >= 4 is 0 Å². The second-order valence-corrected chi connectivity index (χ2v) is 19.6. The third-order valence-electron chi connectivity index (χ3n) is 16.8. The molecule has 17 atom stereocenters. The van der Waals surface area contributed by atoms with E-state index in [0.717, 1.165) is 77.3 Å². The van der Waals surface area contributed by atoms with E-state index in [0.29, 0.717) is 53.3 Å². The first kappa shape index (κ1) is 32.5. The van der Waals surface area contributed by atoms with Gasteiger partial charge in [-0.3, -0.25) is 4.90 Å². The van der Waals surface area contributed by atoms with Crippen molar-refractivity contribution in [2.75, 3.05) is 13.1 Å². The maximum Gasteiger partial charge on any atom is 0.0873 e. The molecule has 2 aliphatic heterocycles. The monoisotopic (exact) mass is 653 g/mol. The first-order valence-corrected chi connectivity index (χ1v) is 20.4. The van der Waals surface area contributed by atoms with Gasteiger partial charge in [0.2, 0.25) is 0 Å². The Morgan fingerprint density at radius 1 is 0.833 bits per heavy atom. The number of piperidine rings is 2. The van der Waals surface area contributed by atoms with Gasteiger partial charge < -0.3 is 15.3 Å². The van der Waals surface area contributed by atoms with Gasteiger partial charge in [-0.25, -0.2) is 0 Å². The molecule has 0 radical (unpaired) electrons. The lowest BCUT2D eigenvalue weighted by Gasteiger charge is -2.65. The van der Waals surface area contributed by atoms with Gasteiger partial charge in [-0.05, 0) is 161 Å². The van der Waals surface area contributed by atoms with E-state index in [9.17, 15) is 15.3 Å². The summed E-state index contributed by atoms with van der Waals surface area (Å²) in [5, 5.41) is 36.2. The molecule has 8 aliphatic rings. The van der Waals surface area contributed by atoms with E-state index < -0.39 is 5.60 Å². The topological polar surface area (TPSA) is 63.9 Å². The summed E-state index contributed by atoms with van der Waals surface area (Å²) in [6, 6.07) is 7.38. The van der Waals surface area contributed by atoms with Crippen LogP contribution in [0.2, 0.25) is 0 Å². The molecule has 262 valence electrons. The molecular weight excluding hydrogens is 590 g/mol. The Balaban J connectivity index is 1.09. The average Bonchev–Trinajstić information content (AvgIpc) is 3.41. The SMILES string of the molecule is Cc1cc(C)cc(CC2CC3CC#CC4CC5C(CC6C5CC(O)C5CC(O)CCC56C)C5CN6CC(C)CCC6C(O)(C(C3)C2)C45)c1. The molecule has 0 amide bonds. The highest BCUT2D eigenvalue weighted by molar-refractivity contribution is 5.29. The van der Waals surface area contributed by atoms with Crippen molar-refractivity contribution < 1.29 is 15.3 Å². The van der Waals surface area contributed by atoms with Crippen LogP contribution in [-0.4, -0.2) is 57.2 Å². The zero-order chi connectivity index (χ0) is 33.1. The summed E-state index contributed by atoms with van der Waals surface area (Å²) in [6.45, 7) is 11.7. The van der Waals surface area contributed by atoms with Gasteiger partial charge >= 0.3 is 0 Å². The van der Waals surface area contributed by atoms with Crippen molar-refractivity contribution in [3.05, 3.63) is 34.9 Å². The van der Waals surface area contributed by atoms with Crippen molar-refractivity contribution in [2.24, 2.45) is 76.4 Å². The zero-order valence-electron chi connectivity index (χ0n) is 30.3. The Bertz CT molecular complexity index is 1440. The van der Waals surface area contributed by atoms with Crippen molar-refractivity contribution in [3.63, 3.8) is 0 Å². The first-order chi connectivity index (χ1) is 23.0. The molecule has 6 aliphatic carbocycles. The third-order valence-corrected chi connectivity index (χ3v) is 16.8. The number of nitrogens with zero attached hydrogens (tertiary/aromatic N) is 1. The lowest BCUT2D eigenvalue weighted by molar-refractivity contribution is -0.228. The fraction of sp³-hybridized carbons (Fsp3) is 0.818. The van der Waals surface area contributed by atoms with Crippen LogP contribution >= 0.6 is 0 Å². The van der Waals surface area contributed by atoms with Crippen LogP contribution in [0.1, 0.15) is 108 Å². The Kier molecular flexibility index (Phi) is 8.02. The van der Waals surface area contributed by atoms with Crippen LogP contribution in [0.15, 0.2) is 18.2 Å². The van der Waals surface area contributed by atoms with E-state index >= 15 is 0 Å². The molecule has 2 heterocycles. The van der Waals surface area contributed by atoms with Crippen LogP contribution < -0.4 is 0 Å². The summed E-state index contributed by atoms with van der Waals surface area (Å²) in [6.07, 6.45) is 13.5. The second-order valence-electron chi connectivity index (χ2n) is 19.6. The summed E-state index contributed by atoms with van der Waals surface area (Å²) in [7, 11) is 0. The Morgan fingerprint density at radius 3 is 2.44 bits per heavy atom. The number of aliphatic hydroxyl groups excluding tert-OH is 2. The predicted molar refractivity (Wildman–Crippen MR) is 191 cm³/mol. The van der Waals surface area contributed by atoms with Gasteiger partial charge in [-0.2, -0.15) is 0 Å². The fourth-order valence-corrected chi connectivity index (χ4v) is 15.2. The van der Waals surface area contributed by atoms with Crippen LogP contribution in [0.4, 0.5) is 0 Å². The number of hydrogen-bond acceptors (Lipinski definition) is 4. The first-order valence-electron chi connectivity index (χ1n) is 20.4. The maximum absolute atomic E-state index is 13.9. The highest BCUT2D eigenvalue weighted by Crippen LogP contribution is 2.69. The van der Waals surface area contributed by atoms with Gasteiger partial charge in [0.1, 0.15) is 0 Å². The van der Waals surface area contributed by atoms with Crippen molar-refractivity contribution in [2.45, 2.75) is 135 Å². The van der Waals surface area contributed by atoms with E-state index in [1.54, 1.807) is 0 Å². The zero-order valence-corrected chi connectivity index (χ0v) is 30.3. The quantitative estimate of drug-likeness (QED) is 0.296. The predicted octanol–water partition coefficient (Wildman–Crippen LogP) is 7.18. The number of aliphatic hydroxyl groups is 3. The lowest BCUT2D eigenvalue weighted by atomic mass is 9.48. The van der Waals surface area contributed by atoms with Gasteiger partial charge in [0.25, 0.3) is 0 Å². The summed E-state index contributed by atoms with van der Waals surface area (Å²) >= 11 is 0. The van der Waals surface area contributed by atoms with Gasteiger partial charge in [-0.15, -0.1) is 5.92 Å². The van der Waals surface area contributed by atoms with Gasteiger partial charge in [-0.1, -0.05) is 49.1 Å². The highest BCUT2D eigenvalue weighted by atomic mass is 16.3. The van der Waals surface area contributed by atoms with Crippen molar-refractivity contribution in [1.29, 1.82) is 0 Å². The number of aryl methyl sites for hydroxylation is 2. The lowest BCUT2D eigenvalue weighted by Crippen LogP contribution is -2.72.